The van der Waals surface area contributed by atoms with Crippen molar-refractivity contribution in [1.29, 1.82) is 0 Å². The number of ether oxygens (including phenoxy) is 1. The number of rotatable bonds is 9. The molecule has 7 heteroatoms. The molecule has 0 aliphatic carbocycles. The first-order valence-corrected chi connectivity index (χ1v) is 9.48. The molecule has 0 bridgehead atoms. The van der Waals surface area contributed by atoms with E-state index in [4.69, 9.17) is 4.74 Å². The van der Waals surface area contributed by atoms with E-state index in [-0.39, 0.29) is 12.5 Å². The van der Waals surface area contributed by atoms with Crippen LogP contribution in [0.5, 0.6) is 0 Å². The number of unbranched alkanes of at least 4 members (excludes halogenated alkanes) is 2. The molecule has 0 saturated heterocycles. The lowest BCUT2D eigenvalue weighted by Gasteiger charge is -2.07. The Hall–Kier alpha value is -3.22. The van der Waals surface area contributed by atoms with Gasteiger partial charge in [-0.1, -0.05) is 49.2 Å². The van der Waals surface area contributed by atoms with Gasteiger partial charge in [0, 0.05) is 6.54 Å². The molecule has 2 aromatic carbocycles. The van der Waals surface area contributed by atoms with E-state index in [1.807, 2.05) is 41.1 Å². The maximum Gasteiger partial charge on any atom is 0.338 e. The number of aromatic nitrogens is 3. The number of carbonyl (C=O) groups is 2. The van der Waals surface area contributed by atoms with Crippen LogP contribution in [-0.4, -0.2) is 40.0 Å². The van der Waals surface area contributed by atoms with Crippen molar-refractivity contribution in [3.05, 3.63) is 59.7 Å². The van der Waals surface area contributed by atoms with Gasteiger partial charge < -0.3 is 10.1 Å². The number of carbonyl (C=O) groups excluding carboxylic acids is 2. The summed E-state index contributed by atoms with van der Waals surface area (Å²) in [5.41, 5.74) is 3.19. The Morgan fingerprint density at radius 3 is 2.64 bits per heavy atom. The number of hydrogen-bond donors (Lipinski definition) is 1. The Labute approximate surface area is 163 Å². The molecule has 146 valence electrons. The van der Waals surface area contributed by atoms with Gasteiger partial charge in [-0.25, -0.2) is 9.48 Å². The highest BCUT2D eigenvalue weighted by atomic mass is 16.5. The van der Waals surface area contributed by atoms with Crippen LogP contribution in [0.1, 0.15) is 42.1 Å². The molecule has 0 saturated carbocycles. The van der Waals surface area contributed by atoms with E-state index in [0.29, 0.717) is 18.7 Å². The zero-order valence-electron chi connectivity index (χ0n) is 15.9. The van der Waals surface area contributed by atoms with Crippen LogP contribution in [0.15, 0.2) is 48.5 Å². The number of nitrogens with zero attached hydrogens (tertiary/aromatic N) is 3. The highest BCUT2D eigenvalue weighted by Gasteiger charge is 2.10. The third-order valence-corrected chi connectivity index (χ3v) is 4.38. The summed E-state index contributed by atoms with van der Waals surface area (Å²) >= 11 is 0. The van der Waals surface area contributed by atoms with Crippen molar-refractivity contribution >= 4 is 22.9 Å². The Balaban J connectivity index is 1.51. The Bertz CT molecular complexity index is 934. The van der Waals surface area contributed by atoms with Gasteiger partial charge in [-0.3, -0.25) is 4.79 Å². The highest BCUT2D eigenvalue weighted by molar-refractivity contribution is 5.91. The molecule has 0 spiro atoms. The normalized spacial score (nSPS) is 10.8. The number of benzene rings is 2. The van der Waals surface area contributed by atoms with E-state index in [2.05, 4.69) is 22.6 Å². The van der Waals surface area contributed by atoms with Crippen molar-refractivity contribution in [1.82, 2.24) is 20.3 Å². The summed E-state index contributed by atoms with van der Waals surface area (Å²) in [6.45, 7) is 2.99. The third kappa shape index (κ3) is 5.16. The number of fused-ring (bicyclic) bond motifs is 1. The van der Waals surface area contributed by atoms with E-state index in [1.54, 1.807) is 12.1 Å². The maximum atomic E-state index is 12.1. The summed E-state index contributed by atoms with van der Waals surface area (Å²) in [5.74, 6) is -0.791. The number of esters is 1. The van der Waals surface area contributed by atoms with Crippen LogP contribution in [0, 0.1) is 0 Å². The number of para-hydroxylation sites is 1. The van der Waals surface area contributed by atoms with E-state index in [1.165, 1.54) is 0 Å². The van der Waals surface area contributed by atoms with Crippen molar-refractivity contribution < 1.29 is 14.3 Å². The molecular weight excluding hydrogens is 356 g/mol. The van der Waals surface area contributed by atoms with Crippen molar-refractivity contribution in [2.75, 3.05) is 13.2 Å². The molecule has 1 amide bonds. The molecule has 0 radical (unpaired) electrons. The molecule has 3 rings (SSSR count). The van der Waals surface area contributed by atoms with Gasteiger partial charge in [0.2, 0.25) is 0 Å². The molecule has 0 fully saturated rings. The molecule has 0 aliphatic rings. The van der Waals surface area contributed by atoms with Crippen LogP contribution < -0.4 is 5.32 Å². The van der Waals surface area contributed by atoms with E-state index < -0.39 is 5.97 Å². The fourth-order valence-electron chi connectivity index (χ4n) is 2.82. The van der Waals surface area contributed by atoms with Gasteiger partial charge in [-0.2, -0.15) is 0 Å². The zero-order chi connectivity index (χ0) is 19.8. The molecule has 1 N–H and O–H groups in total. The van der Waals surface area contributed by atoms with Crippen LogP contribution >= 0.6 is 0 Å². The smallest absolute Gasteiger partial charge is 0.338 e. The Morgan fingerprint density at radius 1 is 1.07 bits per heavy atom. The summed E-state index contributed by atoms with van der Waals surface area (Å²) in [4.78, 5) is 23.8. The van der Waals surface area contributed by atoms with Gasteiger partial charge in [-0.05, 0) is 36.2 Å². The Kier molecular flexibility index (Phi) is 6.73. The first-order chi connectivity index (χ1) is 13.7. The second-order valence-electron chi connectivity index (χ2n) is 6.57. The number of amides is 1. The topological polar surface area (TPSA) is 86.1 Å². The summed E-state index contributed by atoms with van der Waals surface area (Å²) < 4.78 is 6.88. The maximum absolute atomic E-state index is 12.1. The van der Waals surface area contributed by atoms with E-state index >= 15 is 0 Å². The largest absolute Gasteiger partial charge is 0.452 e. The number of nitrogens with one attached hydrogen (secondary N) is 1. The highest BCUT2D eigenvalue weighted by Crippen LogP contribution is 2.13. The van der Waals surface area contributed by atoms with Crippen molar-refractivity contribution in [2.24, 2.45) is 0 Å². The quantitative estimate of drug-likeness (QED) is 0.456. The minimum atomic E-state index is -0.513. The molecule has 0 aliphatic heterocycles. The van der Waals surface area contributed by atoms with Gasteiger partial charge in [0.15, 0.2) is 6.61 Å². The van der Waals surface area contributed by atoms with Crippen LogP contribution in [-0.2, 0) is 16.1 Å². The third-order valence-electron chi connectivity index (χ3n) is 4.38. The van der Waals surface area contributed by atoms with Gasteiger partial charge >= 0.3 is 5.97 Å². The van der Waals surface area contributed by atoms with Gasteiger partial charge in [0.1, 0.15) is 5.52 Å². The second-order valence-corrected chi connectivity index (χ2v) is 6.57. The van der Waals surface area contributed by atoms with Gasteiger partial charge in [0.25, 0.3) is 5.91 Å². The molecule has 1 heterocycles. The summed E-state index contributed by atoms with van der Waals surface area (Å²) in [6.07, 6.45) is 3.09. The van der Waals surface area contributed by atoms with Gasteiger partial charge in [-0.15, -0.1) is 5.10 Å². The summed E-state index contributed by atoms with van der Waals surface area (Å²) in [6, 6.07) is 14.8. The molecule has 1 aromatic heterocycles. The molecule has 28 heavy (non-hydrogen) atoms. The minimum absolute atomic E-state index is 0.266. The number of hydrogen-bond acceptors (Lipinski definition) is 5. The van der Waals surface area contributed by atoms with Crippen molar-refractivity contribution in [2.45, 2.75) is 32.7 Å². The Morgan fingerprint density at radius 2 is 1.86 bits per heavy atom. The van der Waals surface area contributed by atoms with Crippen LogP contribution in [0.25, 0.3) is 11.0 Å². The van der Waals surface area contributed by atoms with Crippen LogP contribution in [0.3, 0.4) is 0 Å². The standard InChI is InChI=1S/C21H24N4O3/c1-2-3-6-13-22-20(26)15-28-21(27)17-11-9-16(10-12-17)14-25-19-8-5-4-7-18(19)23-24-25/h4-5,7-12H,2-3,6,13-15H2,1H3,(H,22,26). The lowest BCUT2D eigenvalue weighted by atomic mass is 10.1. The molecule has 0 atom stereocenters. The average Bonchev–Trinajstić information content (AvgIpc) is 3.13. The predicted molar refractivity (Wildman–Crippen MR) is 106 cm³/mol. The lowest BCUT2D eigenvalue weighted by Crippen LogP contribution is -2.29. The van der Waals surface area contributed by atoms with Crippen LogP contribution in [0.2, 0.25) is 0 Å². The molecule has 3 aromatic rings. The summed E-state index contributed by atoms with van der Waals surface area (Å²) in [5, 5.41) is 11.0. The monoisotopic (exact) mass is 380 g/mol. The minimum Gasteiger partial charge on any atom is -0.452 e. The van der Waals surface area contributed by atoms with E-state index in [0.717, 1.165) is 35.9 Å². The van der Waals surface area contributed by atoms with Gasteiger partial charge in [0.05, 0.1) is 17.6 Å². The first-order valence-electron chi connectivity index (χ1n) is 9.48. The fourth-order valence-corrected chi connectivity index (χ4v) is 2.82. The molecule has 0 unspecified atom stereocenters. The van der Waals surface area contributed by atoms with Crippen molar-refractivity contribution in [3.63, 3.8) is 0 Å². The predicted octanol–water partition coefficient (Wildman–Crippen LogP) is 2.94. The van der Waals surface area contributed by atoms with Crippen LogP contribution in [0.4, 0.5) is 0 Å². The fraction of sp³-hybridized carbons (Fsp3) is 0.333. The van der Waals surface area contributed by atoms with Crippen molar-refractivity contribution in [3.8, 4) is 0 Å². The second kappa shape index (κ2) is 9.64. The molecular formula is C21H24N4O3. The molecule has 7 nitrogen and oxygen atoms in total. The zero-order valence-corrected chi connectivity index (χ0v) is 15.9. The SMILES string of the molecule is CCCCCNC(=O)COC(=O)c1ccc(Cn2nnc3ccccc32)cc1. The average molecular weight is 380 g/mol. The van der Waals surface area contributed by atoms with E-state index in [9.17, 15) is 9.59 Å². The first kappa shape index (κ1) is 19.5. The summed E-state index contributed by atoms with van der Waals surface area (Å²) in [7, 11) is 0. The lowest BCUT2D eigenvalue weighted by molar-refractivity contribution is -0.124.